The Labute approximate surface area is 132 Å². The van der Waals surface area contributed by atoms with Crippen molar-refractivity contribution in [3.63, 3.8) is 0 Å². The average Bonchev–Trinajstić information content (AvgIpc) is 3.04. The van der Waals surface area contributed by atoms with Crippen LogP contribution in [0.25, 0.3) is 0 Å². The van der Waals surface area contributed by atoms with Crippen LogP contribution in [0.2, 0.25) is 5.02 Å². The Bertz CT molecular complexity index is 766. The van der Waals surface area contributed by atoms with Crippen molar-refractivity contribution in [3.8, 4) is 0 Å². The van der Waals surface area contributed by atoms with Gasteiger partial charge in [0.1, 0.15) is 10.7 Å². The van der Waals surface area contributed by atoms with Gasteiger partial charge in [0.05, 0.1) is 12.2 Å². The van der Waals surface area contributed by atoms with Crippen LogP contribution < -0.4 is 0 Å². The molecule has 0 bridgehead atoms. The first-order valence-electron chi connectivity index (χ1n) is 6.79. The average molecular weight is 345 g/mol. The van der Waals surface area contributed by atoms with E-state index in [9.17, 15) is 12.8 Å². The molecule has 1 fully saturated rings. The van der Waals surface area contributed by atoms with Crippen molar-refractivity contribution >= 4 is 21.6 Å². The molecule has 1 saturated heterocycles. The molecule has 0 radical (unpaired) electrons. The van der Waals surface area contributed by atoms with Gasteiger partial charge in [-0.2, -0.15) is 4.31 Å². The smallest absolute Gasteiger partial charge is 0.246 e. The van der Waals surface area contributed by atoms with Crippen LogP contribution in [0.4, 0.5) is 4.39 Å². The second-order valence-electron chi connectivity index (χ2n) is 5.12. The van der Waals surface area contributed by atoms with Crippen molar-refractivity contribution in [2.24, 2.45) is 0 Å². The van der Waals surface area contributed by atoms with Gasteiger partial charge < -0.3 is 0 Å². The number of piperidine rings is 1. The lowest BCUT2D eigenvalue weighted by Crippen LogP contribution is -2.41. The normalized spacial score (nSPS) is 20.2. The predicted octanol–water partition coefficient (Wildman–Crippen LogP) is 2.10. The summed E-state index contributed by atoms with van der Waals surface area (Å²) in [5, 5.41) is 7.83. The molecule has 9 heteroatoms. The lowest BCUT2D eigenvalue weighted by Gasteiger charge is -2.31. The van der Waals surface area contributed by atoms with Gasteiger partial charge in [0.15, 0.2) is 0 Å². The predicted molar refractivity (Wildman–Crippen MR) is 78.5 cm³/mol. The van der Waals surface area contributed by atoms with Gasteiger partial charge in [-0.3, -0.25) is 0 Å². The summed E-state index contributed by atoms with van der Waals surface area (Å²) in [6.07, 6.45) is 4.71. The van der Waals surface area contributed by atoms with Crippen LogP contribution in [0.1, 0.15) is 18.9 Å². The number of rotatable bonds is 3. The van der Waals surface area contributed by atoms with Gasteiger partial charge in [-0.25, -0.2) is 17.5 Å². The van der Waals surface area contributed by atoms with Crippen LogP contribution in [-0.2, 0) is 10.0 Å². The number of benzene rings is 1. The van der Waals surface area contributed by atoms with Crippen molar-refractivity contribution in [1.29, 1.82) is 0 Å². The molecule has 1 aromatic heterocycles. The molecule has 2 aromatic rings. The van der Waals surface area contributed by atoms with Crippen LogP contribution in [0, 0.1) is 5.82 Å². The zero-order valence-corrected chi connectivity index (χ0v) is 13.1. The third-order valence-corrected chi connectivity index (χ3v) is 5.80. The van der Waals surface area contributed by atoms with Gasteiger partial charge in [0, 0.05) is 24.3 Å². The van der Waals surface area contributed by atoms with Crippen molar-refractivity contribution in [1.82, 2.24) is 19.3 Å². The molecule has 0 N–H and O–H groups in total. The van der Waals surface area contributed by atoms with Crippen LogP contribution in [0.5, 0.6) is 0 Å². The molecule has 118 valence electrons. The highest BCUT2D eigenvalue weighted by Gasteiger charge is 2.33. The Balaban J connectivity index is 1.90. The maximum atomic E-state index is 13.9. The summed E-state index contributed by atoms with van der Waals surface area (Å²) in [6.45, 7) is 0.580. The minimum Gasteiger partial charge on any atom is -0.248 e. The molecule has 0 saturated carbocycles. The number of halogens is 2. The molecule has 1 aliphatic rings. The number of hydrogen-bond acceptors (Lipinski definition) is 4. The van der Waals surface area contributed by atoms with E-state index in [-0.39, 0.29) is 22.5 Å². The summed E-state index contributed by atoms with van der Waals surface area (Å²) >= 11 is 5.80. The fourth-order valence-electron chi connectivity index (χ4n) is 2.58. The molecule has 0 aliphatic carbocycles. The Morgan fingerprint density at radius 1 is 1.36 bits per heavy atom. The molecule has 0 amide bonds. The van der Waals surface area contributed by atoms with Crippen molar-refractivity contribution < 1.29 is 12.8 Å². The van der Waals surface area contributed by atoms with Crippen molar-refractivity contribution in [2.75, 3.05) is 13.1 Å². The largest absolute Gasteiger partial charge is 0.248 e. The fraction of sp³-hybridized carbons (Fsp3) is 0.385. The Hall–Kier alpha value is -1.51. The van der Waals surface area contributed by atoms with Crippen LogP contribution in [0.15, 0.2) is 35.5 Å². The van der Waals surface area contributed by atoms with E-state index in [2.05, 4.69) is 10.3 Å². The van der Waals surface area contributed by atoms with E-state index < -0.39 is 15.8 Å². The summed E-state index contributed by atoms with van der Waals surface area (Å²) in [5.41, 5.74) is 0. The molecule has 3 rings (SSSR count). The molecule has 1 aromatic carbocycles. The van der Waals surface area contributed by atoms with Crippen molar-refractivity contribution in [3.05, 3.63) is 41.4 Å². The summed E-state index contributed by atoms with van der Waals surface area (Å²) in [7, 11) is -3.93. The third kappa shape index (κ3) is 2.86. The Morgan fingerprint density at radius 3 is 2.91 bits per heavy atom. The van der Waals surface area contributed by atoms with Gasteiger partial charge in [-0.05, 0) is 31.0 Å². The zero-order chi connectivity index (χ0) is 15.7. The topological polar surface area (TPSA) is 68.1 Å². The molecule has 1 atom stereocenters. The SMILES string of the molecule is O=S(=O)(c1cc(Cl)ccc1F)N1CCCC(n2ccnn2)C1. The van der Waals surface area contributed by atoms with Gasteiger partial charge in [-0.15, -0.1) is 5.10 Å². The number of nitrogens with zero attached hydrogens (tertiary/aromatic N) is 4. The zero-order valence-electron chi connectivity index (χ0n) is 11.6. The maximum absolute atomic E-state index is 13.9. The first-order valence-corrected chi connectivity index (χ1v) is 8.61. The Kier molecular flexibility index (Phi) is 4.16. The van der Waals surface area contributed by atoms with E-state index in [1.165, 1.54) is 10.4 Å². The second-order valence-corrected chi connectivity index (χ2v) is 7.46. The first-order chi connectivity index (χ1) is 10.5. The van der Waals surface area contributed by atoms with E-state index in [4.69, 9.17) is 11.6 Å². The quantitative estimate of drug-likeness (QED) is 0.855. The Morgan fingerprint density at radius 2 is 2.18 bits per heavy atom. The highest BCUT2D eigenvalue weighted by Crippen LogP contribution is 2.28. The fourth-order valence-corrected chi connectivity index (χ4v) is 4.42. The van der Waals surface area contributed by atoms with E-state index in [0.29, 0.717) is 13.0 Å². The van der Waals surface area contributed by atoms with Gasteiger partial charge >= 0.3 is 0 Å². The molecule has 6 nitrogen and oxygen atoms in total. The van der Waals surface area contributed by atoms with Crippen molar-refractivity contribution in [2.45, 2.75) is 23.8 Å². The van der Waals surface area contributed by atoms with Gasteiger partial charge in [0.25, 0.3) is 0 Å². The second kappa shape index (κ2) is 5.94. The standard InChI is InChI=1S/C13H14ClFN4O2S/c14-10-3-4-12(15)13(8-10)22(20,21)18-6-1-2-11(9-18)19-7-5-16-17-19/h3-5,7-8,11H,1-2,6,9H2. The monoisotopic (exact) mass is 344 g/mol. The van der Waals surface area contributed by atoms with E-state index >= 15 is 0 Å². The summed E-state index contributed by atoms with van der Waals surface area (Å²) in [4.78, 5) is -0.390. The van der Waals surface area contributed by atoms with E-state index in [1.807, 2.05) is 0 Å². The molecule has 22 heavy (non-hydrogen) atoms. The molecule has 1 aliphatic heterocycles. The lowest BCUT2D eigenvalue weighted by molar-refractivity contribution is 0.250. The maximum Gasteiger partial charge on any atom is 0.246 e. The highest BCUT2D eigenvalue weighted by atomic mass is 35.5. The van der Waals surface area contributed by atoms with Gasteiger partial charge in [0.2, 0.25) is 10.0 Å². The lowest BCUT2D eigenvalue weighted by atomic mass is 10.1. The highest BCUT2D eigenvalue weighted by molar-refractivity contribution is 7.89. The molecule has 0 spiro atoms. The first kappa shape index (κ1) is 15.4. The number of hydrogen-bond donors (Lipinski definition) is 0. The van der Waals surface area contributed by atoms with E-state index in [1.54, 1.807) is 17.1 Å². The summed E-state index contributed by atoms with van der Waals surface area (Å²) in [6, 6.07) is 3.43. The molecular weight excluding hydrogens is 331 g/mol. The minimum atomic E-state index is -3.93. The van der Waals surface area contributed by atoms with Crippen LogP contribution in [0.3, 0.4) is 0 Å². The number of sulfonamides is 1. The molecular formula is C13H14ClFN4O2S. The minimum absolute atomic E-state index is 0.103. The van der Waals surface area contributed by atoms with Gasteiger partial charge in [-0.1, -0.05) is 16.8 Å². The van der Waals surface area contributed by atoms with Crippen LogP contribution in [-0.4, -0.2) is 40.8 Å². The number of aromatic nitrogens is 3. The molecule has 1 unspecified atom stereocenters. The molecule has 2 heterocycles. The summed E-state index contributed by atoms with van der Waals surface area (Å²) in [5.74, 6) is -0.799. The van der Waals surface area contributed by atoms with E-state index in [0.717, 1.165) is 18.6 Å². The summed E-state index contributed by atoms with van der Waals surface area (Å²) < 4.78 is 42.1. The van der Waals surface area contributed by atoms with Crippen LogP contribution >= 0.6 is 11.6 Å². The third-order valence-electron chi connectivity index (χ3n) is 3.69.